The van der Waals surface area contributed by atoms with Crippen LogP contribution < -0.4 is 10.7 Å². The molecule has 194 valence electrons. The third-order valence-corrected chi connectivity index (χ3v) is 6.78. The number of hydrogen-bond donors (Lipinski definition) is 2. The summed E-state index contributed by atoms with van der Waals surface area (Å²) < 4.78 is 5.66. The summed E-state index contributed by atoms with van der Waals surface area (Å²) in [5.41, 5.74) is 5.66. The third-order valence-electron chi connectivity index (χ3n) is 5.45. The van der Waals surface area contributed by atoms with Crippen molar-refractivity contribution in [1.82, 2.24) is 10.4 Å². The molecule has 2 N–H and O–H groups in total. The number of hydrogen-bond acceptors (Lipinski definition) is 8. The average Bonchev–Trinajstić information content (AvgIpc) is 3.60. The SMILES string of the molecule is O=C(N/N=C\c1ccc(-c2ccc(Cl)c([N+](=O)[O-])c2)o1)c1ccc(-c2csc(Nc3ccc(Cl)cc3)n2)cc1. The number of aromatic nitrogens is 1. The maximum absolute atomic E-state index is 12.5. The van der Waals surface area contributed by atoms with Crippen molar-refractivity contribution in [3.63, 3.8) is 0 Å². The van der Waals surface area contributed by atoms with E-state index in [1.165, 1.54) is 29.7 Å². The first-order valence-corrected chi connectivity index (χ1v) is 13.0. The van der Waals surface area contributed by atoms with Crippen LogP contribution in [0.15, 0.2) is 93.8 Å². The number of carbonyl (C=O) groups is 1. The number of benzene rings is 3. The molecule has 0 fully saturated rings. The second-order valence-corrected chi connectivity index (χ2v) is 9.77. The van der Waals surface area contributed by atoms with Crippen molar-refractivity contribution in [2.45, 2.75) is 0 Å². The second kappa shape index (κ2) is 11.5. The molecule has 39 heavy (non-hydrogen) atoms. The van der Waals surface area contributed by atoms with Crippen LogP contribution in [0.3, 0.4) is 0 Å². The van der Waals surface area contributed by atoms with Gasteiger partial charge in [-0.05, 0) is 60.7 Å². The van der Waals surface area contributed by atoms with Gasteiger partial charge >= 0.3 is 0 Å². The van der Waals surface area contributed by atoms with E-state index in [0.717, 1.165) is 22.1 Å². The predicted octanol–water partition coefficient (Wildman–Crippen LogP) is 7.79. The number of nitro benzene ring substituents is 1. The highest BCUT2D eigenvalue weighted by Crippen LogP contribution is 2.31. The van der Waals surface area contributed by atoms with Crippen LogP contribution in [0, 0.1) is 10.1 Å². The first-order valence-electron chi connectivity index (χ1n) is 11.3. The molecule has 0 radical (unpaired) electrons. The van der Waals surface area contributed by atoms with Crippen LogP contribution in [-0.4, -0.2) is 22.0 Å². The predicted molar refractivity (Wildman–Crippen MR) is 153 cm³/mol. The lowest BCUT2D eigenvalue weighted by atomic mass is 10.1. The number of rotatable bonds is 8. The maximum atomic E-state index is 12.5. The van der Waals surface area contributed by atoms with Gasteiger partial charge in [-0.25, -0.2) is 10.4 Å². The van der Waals surface area contributed by atoms with Crippen LogP contribution in [-0.2, 0) is 0 Å². The van der Waals surface area contributed by atoms with E-state index in [1.807, 2.05) is 29.6 Å². The minimum Gasteiger partial charge on any atom is -0.455 e. The smallest absolute Gasteiger partial charge is 0.288 e. The highest BCUT2D eigenvalue weighted by Gasteiger charge is 2.15. The van der Waals surface area contributed by atoms with Gasteiger partial charge in [0.1, 0.15) is 16.5 Å². The molecule has 0 aliphatic heterocycles. The lowest BCUT2D eigenvalue weighted by Crippen LogP contribution is -2.17. The number of furan rings is 1. The molecule has 1 amide bonds. The van der Waals surface area contributed by atoms with Gasteiger partial charge in [-0.15, -0.1) is 11.3 Å². The van der Waals surface area contributed by atoms with Crippen LogP contribution in [0.25, 0.3) is 22.6 Å². The molecule has 5 rings (SSSR count). The number of thiazole rings is 1. The lowest BCUT2D eigenvalue weighted by Gasteiger charge is -2.03. The molecule has 2 aromatic heterocycles. The summed E-state index contributed by atoms with van der Waals surface area (Å²) >= 11 is 13.3. The molecule has 0 saturated heterocycles. The van der Waals surface area contributed by atoms with Crippen LogP contribution >= 0.6 is 34.5 Å². The summed E-state index contributed by atoms with van der Waals surface area (Å²) in [5, 5.41) is 21.7. The summed E-state index contributed by atoms with van der Waals surface area (Å²) in [6.45, 7) is 0. The zero-order valence-electron chi connectivity index (χ0n) is 19.8. The Balaban J connectivity index is 1.19. The van der Waals surface area contributed by atoms with Gasteiger partial charge in [0.05, 0.1) is 16.8 Å². The molecule has 5 aromatic rings. The molecule has 0 unspecified atom stereocenters. The molecule has 0 spiro atoms. The van der Waals surface area contributed by atoms with Gasteiger partial charge in [0, 0.05) is 38.8 Å². The average molecular weight is 578 g/mol. The summed E-state index contributed by atoms with van der Waals surface area (Å²) in [6, 6.07) is 22.0. The molecule has 0 atom stereocenters. The van der Waals surface area contributed by atoms with Crippen LogP contribution in [0.4, 0.5) is 16.5 Å². The highest BCUT2D eigenvalue weighted by atomic mass is 35.5. The lowest BCUT2D eigenvalue weighted by molar-refractivity contribution is -0.384. The highest BCUT2D eigenvalue weighted by molar-refractivity contribution is 7.14. The normalized spacial score (nSPS) is 11.0. The van der Waals surface area contributed by atoms with E-state index in [1.54, 1.807) is 42.5 Å². The fourth-order valence-corrected chi connectivity index (χ4v) is 4.57. The van der Waals surface area contributed by atoms with E-state index in [2.05, 4.69) is 20.8 Å². The quantitative estimate of drug-likeness (QED) is 0.110. The largest absolute Gasteiger partial charge is 0.455 e. The number of amides is 1. The maximum Gasteiger partial charge on any atom is 0.288 e. The molecule has 12 heteroatoms. The van der Waals surface area contributed by atoms with Crippen molar-refractivity contribution in [3.8, 4) is 22.6 Å². The topological polar surface area (TPSA) is 123 Å². The number of halogens is 2. The first-order chi connectivity index (χ1) is 18.9. The Morgan fingerprint density at radius 3 is 2.49 bits per heavy atom. The Morgan fingerprint density at radius 1 is 1.00 bits per heavy atom. The van der Waals surface area contributed by atoms with Crippen molar-refractivity contribution in [2.75, 3.05) is 5.32 Å². The standard InChI is InChI=1S/C27H17Cl2N5O4S/c28-19-6-8-20(9-7-19)31-27-32-23(15-39-27)16-1-3-17(4-2-16)26(35)33-30-14-21-10-12-25(38-21)18-5-11-22(29)24(13-18)34(36)37/h1-15H,(H,31,32)(H,33,35)/b30-14-. The Labute approximate surface area is 235 Å². The fraction of sp³-hybridized carbons (Fsp3) is 0. The molecule has 0 aliphatic carbocycles. The van der Waals surface area contributed by atoms with Gasteiger partial charge in [-0.3, -0.25) is 14.9 Å². The van der Waals surface area contributed by atoms with Crippen molar-refractivity contribution < 1.29 is 14.1 Å². The van der Waals surface area contributed by atoms with Crippen LogP contribution in [0.1, 0.15) is 16.1 Å². The fourth-order valence-electron chi connectivity index (χ4n) is 3.52. The monoisotopic (exact) mass is 577 g/mol. The molecule has 2 heterocycles. The minimum absolute atomic E-state index is 0.0373. The van der Waals surface area contributed by atoms with Gasteiger partial charge in [0.25, 0.3) is 11.6 Å². The van der Waals surface area contributed by atoms with Crippen molar-refractivity contribution in [1.29, 1.82) is 0 Å². The number of nitrogens with one attached hydrogen (secondary N) is 2. The molecule has 0 aliphatic rings. The molecular weight excluding hydrogens is 561 g/mol. The van der Waals surface area contributed by atoms with Gasteiger partial charge in [0.15, 0.2) is 5.13 Å². The van der Waals surface area contributed by atoms with E-state index in [-0.39, 0.29) is 10.7 Å². The Bertz CT molecular complexity index is 1680. The molecule has 9 nitrogen and oxygen atoms in total. The molecule has 3 aromatic carbocycles. The van der Waals surface area contributed by atoms with Crippen molar-refractivity contribution >= 4 is 63.2 Å². The van der Waals surface area contributed by atoms with Crippen molar-refractivity contribution in [2.24, 2.45) is 5.10 Å². The van der Waals surface area contributed by atoms with Crippen LogP contribution in [0.5, 0.6) is 0 Å². The number of nitrogens with zero attached hydrogens (tertiary/aromatic N) is 3. The van der Waals surface area contributed by atoms with Gasteiger partial charge in [-0.1, -0.05) is 35.3 Å². The minimum atomic E-state index is -0.562. The number of anilines is 2. The number of hydrazone groups is 1. The number of carbonyl (C=O) groups excluding carboxylic acids is 1. The third kappa shape index (κ3) is 6.32. The summed E-state index contributed by atoms with van der Waals surface area (Å²) in [5.74, 6) is 0.345. The zero-order valence-corrected chi connectivity index (χ0v) is 22.1. The van der Waals surface area contributed by atoms with Crippen molar-refractivity contribution in [3.05, 3.63) is 116 Å². The first kappa shape index (κ1) is 26.1. The Morgan fingerprint density at radius 2 is 1.74 bits per heavy atom. The van der Waals surface area contributed by atoms with E-state index in [4.69, 9.17) is 27.6 Å². The molecule has 0 saturated carbocycles. The van der Waals surface area contributed by atoms with E-state index in [0.29, 0.717) is 27.7 Å². The summed E-state index contributed by atoms with van der Waals surface area (Å²) in [4.78, 5) is 27.7. The van der Waals surface area contributed by atoms with E-state index >= 15 is 0 Å². The van der Waals surface area contributed by atoms with Crippen LogP contribution in [0.2, 0.25) is 10.0 Å². The van der Waals surface area contributed by atoms with E-state index in [9.17, 15) is 14.9 Å². The van der Waals surface area contributed by atoms with Gasteiger partial charge in [-0.2, -0.15) is 5.10 Å². The molecule has 0 bridgehead atoms. The Kier molecular flexibility index (Phi) is 7.69. The molecular formula is C27H17Cl2N5O4S. The van der Waals surface area contributed by atoms with Gasteiger partial charge in [0.2, 0.25) is 0 Å². The number of nitro groups is 1. The summed E-state index contributed by atoms with van der Waals surface area (Å²) in [6.07, 6.45) is 1.34. The second-order valence-electron chi connectivity index (χ2n) is 8.07. The summed E-state index contributed by atoms with van der Waals surface area (Å²) in [7, 11) is 0. The van der Waals surface area contributed by atoms with E-state index < -0.39 is 10.8 Å². The zero-order chi connectivity index (χ0) is 27.4. The van der Waals surface area contributed by atoms with Gasteiger partial charge < -0.3 is 9.73 Å². The Hall–Kier alpha value is -4.51.